The van der Waals surface area contributed by atoms with Crippen LogP contribution in [0.15, 0.2) is 47.3 Å². The van der Waals surface area contributed by atoms with Crippen molar-refractivity contribution >= 4 is 28.3 Å². The summed E-state index contributed by atoms with van der Waals surface area (Å²) in [6, 6.07) is 12.9. The molecular weight excluding hydrogens is 350 g/mol. The van der Waals surface area contributed by atoms with E-state index in [1.807, 2.05) is 12.1 Å². The monoisotopic (exact) mass is 367 g/mol. The minimum atomic E-state index is -0.321. The van der Waals surface area contributed by atoms with Crippen LogP contribution >= 0.6 is 11.6 Å². The Balaban J connectivity index is 1.57. The largest absolute Gasteiger partial charge is 0.347 e. The van der Waals surface area contributed by atoms with Gasteiger partial charge >= 0.3 is 0 Å². The molecule has 0 aliphatic carbocycles. The van der Waals surface area contributed by atoms with E-state index in [0.717, 1.165) is 25.1 Å². The fourth-order valence-electron chi connectivity index (χ4n) is 3.40. The third-order valence-electron chi connectivity index (χ3n) is 4.73. The van der Waals surface area contributed by atoms with Crippen molar-refractivity contribution < 1.29 is 4.79 Å². The number of fused-ring (bicyclic) bond motifs is 2. The first kappa shape index (κ1) is 16.8. The van der Waals surface area contributed by atoms with Crippen LogP contribution in [0.5, 0.6) is 0 Å². The Kier molecular flexibility index (Phi) is 4.49. The molecule has 1 aromatic heterocycles. The molecule has 0 fully saturated rings. The van der Waals surface area contributed by atoms with Crippen LogP contribution in [0.2, 0.25) is 5.02 Å². The van der Waals surface area contributed by atoms with Gasteiger partial charge in [0.1, 0.15) is 5.69 Å². The number of hydrogen-bond acceptors (Lipinski definition) is 3. The molecule has 0 saturated carbocycles. The highest BCUT2D eigenvalue weighted by Crippen LogP contribution is 2.19. The fraction of sp³-hybridized carbons (Fsp3) is 0.200. The topological polar surface area (TPSA) is 74.0 Å². The van der Waals surface area contributed by atoms with E-state index in [1.165, 1.54) is 11.1 Å². The summed E-state index contributed by atoms with van der Waals surface area (Å²) in [4.78, 5) is 27.4. The number of carbonyl (C=O) groups excluding carboxylic acids is 1. The summed E-state index contributed by atoms with van der Waals surface area (Å²) in [5.41, 5.74) is 3.62. The van der Waals surface area contributed by atoms with Gasteiger partial charge in [0.25, 0.3) is 11.5 Å². The van der Waals surface area contributed by atoms with Crippen LogP contribution in [0.4, 0.5) is 0 Å². The van der Waals surface area contributed by atoms with Crippen LogP contribution in [0, 0.1) is 0 Å². The second-order valence-electron chi connectivity index (χ2n) is 6.41. The van der Waals surface area contributed by atoms with Crippen molar-refractivity contribution in [3.63, 3.8) is 0 Å². The molecule has 2 aromatic carbocycles. The molecule has 1 amide bonds. The Morgan fingerprint density at radius 3 is 2.96 bits per heavy atom. The molecular formula is C20H18ClN3O2. The summed E-state index contributed by atoms with van der Waals surface area (Å²) < 4.78 is 0. The molecule has 0 unspecified atom stereocenters. The highest BCUT2D eigenvalue weighted by Gasteiger charge is 2.14. The van der Waals surface area contributed by atoms with Crippen molar-refractivity contribution in [2.45, 2.75) is 19.5 Å². The van der Waals surface area contributed by atoms with E-state index in [-0.39, 0.29) is 17.2 Å². The van der Waals surface area contributed by atoms with E-state index >= 15 is 0 Å². The zero-order chi connectivity index (χ0) is 18.1. The van der Waals surface area contributed by atoms with Gasteiger partial charge in [-0.15, -0.1) is 0 Å². The molecule has 0 atom stereocenters. The van der Waals surface area contributed by atoms with Crippen molar-refractivity contribution in [2.24, 2.45) is 0 Å². The average Bonchev–Trinajstić information content (AvgIpc) is 2.66. The molecule has 0 spiro atoms. The van der Waals surface area contributed by atoms with Crippen molar-refractivity contribution in [2.75, 3.05) is 6.54 Å². The summed E-state index contributed by atoms with van der Waals surface area (Å²) in [6.45, 7) is 2.23. The Morgan fingerprint density at radius 1 is 1.19 bits per heavy atom. The summed E-state index contributed by atoms with van der Waals surface area (Å²) >= 11 is 5.93. The molecule has 4 rings (SSSR count). The molecule has 3 N–H and O–H groups in total. The number of aromatic amines is 1. The summed E-state index contributed by atoms with van der Waals surface area (Å²) in [5, 5.41) is 7.91. The van der Waals surface area contributed by atoms with Crippen LogP contribution in [0.25, 0.3) is 10.8 Å². The standard InChI is InChI=1S/C20H18ClN3O2/c21-15-5-4-12-8-18(24-19(25)17(12)9-15)20(26)23-11-14-3-1-2-13-10-22-7-6-16(13)14/h1-5,8-9,22H,6-7,10-11H2,(H,23,26)(H,24,25). The molecule has 6 heteroatoms. The van der Waals surface area contributed by atoms with Gasteiger partial charge in [0.15, 0.2) is 0 Å². The van der Waals surface area contributed by atoms with E-state index < -0.39 is 0 Å². The van der Waals surface area contributed by atoms with Crippen LogP contribution in [-0.4, -0.2) is 17.4 Å². The minimum Gasteiger partial charge on any atom is -0.347 e. The van der Waals surface area contributed by atoms with Crippen LogP contribution in [0.1, 0.15) is 27.2 Å². The molecule has 0 bridgehead atoms. The highest BCUT2D eigenvalue weighted by molar-refractivity contribution is 6.31. The maximum absolute atomic E-state index is 12.5. The van der Waals surface area contributed by atoms with Gasteiger partial charge in [-0.05, 0) is 53.2 Å². The number of amides is 1. The highest BCUT2D eigenvalue weighted by atomic mass is 35.5. The van der Waals surface area contributed by atoms with E-state index in [0.29, 0.717) is 22.3 Å². The molecule has 3 aromatic rings. The van der Waals surface area contributed by atoms with Gasteiger partial charge in [0.05, 0.1) is 0 Å². The molecule has 1 aliphatic heterocycles. The maximum atomic E-state index is 12.5. The van der Waals surface area contributed by atoms with Crippen LogP contribution < -0.4 is 16.2 Å². The first-order valence-electron chi connectivity index (χ1n) is 8.53. The lowest BCUT2D eigenvalue weighted by molar-refractivity contribution is 0.0946. The number of halogens is 1. The van der Waals surface area contributed by atoms with Crippen molar-refractivity contribution in [1.29, 1.82) is 0 Å². The lowest BCUT2D eigenvalue weighted by atomic mass is 9.95. The fourth-order valence-corrected chi connectivity index (χ4v) is 3.57. The molecule has 26 heavy (non-hydrogen) atoms. The van der Waals surface area contributed by atoms with Gasteiger partial charge in [-0.2, -0.15) is 0 Å². The second-order valence-corrected chi connectivity index (χ2v) is 6.84. The molecule has 132 valence electrons. The zero-order valence-corrected chi connectivity index (χ0v) is 14.8. The number of H-pyrrole nitrogens is 1. The van der Waals surface area contributed by atoms with Crippen molar-refractivity contribution in [3.8, 4) is 0 Å². The maximum Gasteiger partial charge on any atom is 0.268 e. The van der Waals surface area contributed by atoms with E-state index in [1.54, 1.807) is 24.3 Å². The zero-order valence-electron chi connectivity index (χ0n) is 14.1. The number of aromatic nitrogens is 1. The summed E-state index contributed by atoms with van der Waals surface area (Å²) in [7, 11) is 0. The minimum absolute atomic E-state index is 0.247. The third-order valence-corrected chi connectivity index (χ3v) is 4.96. The van der Waals surface area contributed by atoms with Gasteiger partial charge in [-0.3, -0.25) is 9.59 Å². The molecule has 1 aliphatic rings. The molecule has 5 nitrogen and oxygen atoms in total. The lowest BCUT2D eigenvalue weighted by Crippen LogP contribution is -2.29. The van der Waals surface area contributed by atoms with E-state index in [2.05, 4.69) is 21.7 Å². The van der Waals surface area contributed by atoms with Crippen molar-refractivity contribution in [1.82, 2.24) is 15.6 Å². The average molecular weight is 368 g/mol. The molecule has 0 radical (unpaired) electrons. The van der Waals surface area contributed by atoms with E-state index in [4.69, 9.17) is 11.6 Å². The smallest absolute Gasteiger partial charge is 0.268 e. The number of carbonyl (C=O) groups is 1. The number of pyridine rings is 1. The summed E-state index contributed by atoms with van der Waals surface area (Å²) in [6.07, 6.45) is 0.953. The SMILES string of the molecule is O=C(NCc1cccc2c1CCNC2)c1cc2ccc(Cl)cc2c(=O)[nH]1. The Hall–Kier alpha value is -2.63. The van der Waals surface area contributed by atoms with Crippen molar-refractivity contribution in [3.05, 3.63) is 80.2 Å². The first-order valence-corrected chi connectivity index (χ1v) is 8.91. The number of benzene rings is 2. The molecule has 2 heterocycles. The Morgan fingerprint density at radius 2 is 2.08 bits per heavy atom. The summed E-state index contributed by atoms with van der Waals surface area (Å²) in [5.74, 6) is -0.300. The second kappa shape index (κ2) is 6.94. The normalized spacial score (nSPS) is 13.4. The van der Waals surface area contributed by atoms with Gasteiger partial charge < -0.3 is 15.6 Å². The van der Waals surface area contributed by atoms with Gasteiger partial charge in [0.2, 0.25) is 0 Å². The lowest BCUT2D eigenvalue weighted by Gasteiger charge is -2.20. The predicted octanol–water partition coefficient (Wildman–Crippen LogP) is 2.76. The predicted molar refractivity (Wildman–Crippen MR) is 103 cm³/mol. The van der Waals surface area contributed by atoms with Crippen LogP contribution in [-0.2, 0) is 19.5 Å². The quantitative estimate of drug-likeness (QED) is 0.666. The first-order chi connectivity index (χ1) is 12.6. The van der Waals surface area contributed by atoms with Crippen LogP contribution in [0.3, 0.4) is 0 Å². The Labute approximate surface area is 155 Å². The number of hydrogen-bond donors (Lipinski definition) is 3. The van der Waals surface area contributed by atoms with Gasteiger partial charge in [-0.1, -0.05) is 35.9 Å². The molecule has 0 saturated heterocycles. The van der Waals surface area contributed by atoms with Gasteiger partial charge in [0, 0.05) is 23.5 Å². The third kappa shape index (κ3) is 3.23. The number of nitrogens with one attached hydrogen (secondary N) is 3. The van der Waals surface area contributed by atoms with E-state index in [9.17, 15) is 9.59 Å². The number of rotatable bonds is 3. The van der Waals surface area contributed by atoms with Gasteiger partial charge in [-0.25, -0.2) is 0 Å². The Bertz CT molecular complexity index is 1060.